The van der Waals surface area contributed by atoms with Gasteiger partial charge in [-0.3, -0.25) is 14.5 Å². The van der Waals surface area contributed by atoms with Gasteiger partial charge in [-0.05, 0) is 64.9 Å². The van der Waals surface area contributed by atoms with Gasteiger partial charge in [0.2, 0.25) is 5.91 Å². The van der Waals surface area contributed by atoms with Crippen molar-refractivity contribution in [3.8, 4) is 5.69 Å². The smallest absolute Gasteiger partial charge is 0.220 e. The second-order valence-corrected chi connectivity index (χ2v) is 7.33. The Kier molecular flexibility index (Phi) is 5.28. The number of aromatic nitrogens is 1. The van der Waals surface area contributed by atoms with E-state index in [2.05, 4.69) is 40.7 Å². The van der Waals surface area contributed by atoms with Gasteiger partial charge < -0.3 is 10.3 Å². The lowest BCUT2D eigenvalue weighted by Crippen LogP contribution is -2.40. The number of piperidine rings is 1. The molecule has 1 aromatic heterocycles. The van der Waals surface area contributed by atoms with Crippen molar-refractivity contribution in [3.63, 3.8) is 0 Å². The summed E-state index contributed by atoms with van der Waals surface area (Å²) >= 11 is 0. The summed E-state index contributed by atoms with van der Waals surface area (Å²) in [7, 11) is 0. The molecule has 1 saturated heterocycles. The number of nitrogens with zero attached hydrogens (tertiary/aromatic N) is 2. The standard InChI is InChI=1S/C21H27N3O2/c1-14-4-6-18(7-5-14)24-15(2)12-19(16(24)3)20(25)13-23-10-8-17(9-11-23)21(22)26/h4-7,12,17H,8-11,13H2,1-3H3,(H2,22,26). The molecule has 26 heavy (non-hydrogen) atoms. The number of carbonyl (C=O) groups excluding carboxylic acids is 2. The summed E-state index contributed by atoms with van der Waals surface area (Å²) in [6.07, 6.45) is 1.48. The zero-order chi connectivity index (χ0) is 18.8. The van der Waals surface area contributed by atoms with Crippen LogP contribution in [0.4, 0.5) is 0 Å². The number of aryl methyl sites for hydroxylation is 2. The monoisotopic (exact) mass is 353 g/mol. The van der Waals surface area contributed by atoms with E-state index in [1.54, 1.807) is 0 Å². The number of nitrogens with two attached hydrogens (primary N) is 1. The highest BCUT2D eigenvalue weighted by Gasteiger charge is 2.25. The number of Topliss-reactive ketones (excluding diaryl/α,β-unsaturated/α-hetero) is 1. The molecule has 1 fully saturated rings. The van der Waals surface area contributed by atoms with E-state index >= 15 is 0 Å². The number of ketones is 1. The number of likely N-dealkylation sites (tertiary alicyclic amines) is 1. The van der Waals surface area contributed by atoms with E-state index in [0.29, 0.717) is 6.54 Å². The lowest BCUT2D eigenvalue weighted by Gasteiger charge is -2.29. The molecule has 5 nitrogen and oxygen atoms in total. The highest BCUT2D eigenvalue weighted by Crippen LogP contribution is 2.23. The van der Waals surface area contributed by atoms with Gasteiger partial charge in [0.15, 0.2) is 5.78 Å². The first-order valence-corrected chi connectivity index (χ1v) is 9.17. The quantitative estimate of drug-likeness (QED) is 0.841. The maximum absolute atomic E-state index is 12.9. The Hall–Kier alpha value is -2.40. The highest BCUT2D eigenvalue weighted by molar-refractivity contribution is 5.99. The third-order valence-electron chi connectivity index (χ3n) is 5.38. The Morgan fingerprint density at radius 2 is 1.69 bits per heavy atom. The zero-order valence-electron chi connectivity index (χ0n) is 15.8. The fourth-order valence-corrected chi connectivity index (χ4v) is 3.80. The van der Waals surface area contributed by atoms with Gasteiger partial charge in [0.1, 0.15) is 0 Å². The summed E-state index contributed by atoms with van der Waals surface area (Å²) in [4.78, 5) is 26.3. The van der Waals surface area contributed by atoms with Gasteiger partial charge in [0.05, 0.1) is 6.54 Å². The maximum Gasteiger partial charge on any atom is 0.220 e. The van der Waals surface area contributed by atoms with Gasteiger partial charge in [0.25, 0.3) is 0 Å². The van der Waals surface area contributed by atoms with Crippen LogP contribution in [0.1, 0.15) is 40.2 Å². The van der Waals surface area contributed by atoms with Crippen molar-refractivity contribution < 1.29 is 9.59 Å². The van der Waals surface area contributed by atoms with Crippen molar-refractivity contribution in [1.82, 2.24) is 9.47 Å². The molecule has 2 N–H and O–H groups in total. The van der Waals surface area contributed by atoms with Crippen molar-refractivity contribution in [2.45, 2.75) is 33.6 Å². The van der Waals surface area contributed by atoms with E-state index in [1.165, 1.54) is 5.56 Å². The molecule has 2 heterocycles. The molecule has 1 aliphatic heterocycles. The van der Waals surface area contributed by atoms with Crippen molar-refractivity contribution in [2.24, 2.45) is 11.7 Å². The number of primary amides is 1. The van der Waals surface area contributed by atoms with Crippen molar-refractivity contribution in [3.05, 3.63) is 52.8 Å². The first-order chi connectivity index (χ1) is 12.4. The minimum Gasteiger partial charge on any atom is -0.369 e. The normalized spacial score (nSPS) is 16.0. The Labute approximate surface area is 154 Å². The van der Waals surface area contributed by atoms with E-state index in [9.17, 15) is 9.59 Å². The number of hydrogen-bond donors (Lipinski definition) is 1. The van der Waals surface area contributed by atoms with Crippen molar-refractivity contribution in [2.75, 3.05) is 19.6 Å². The molecule has 0 radical (unpaired) electrons. The van der Waals surface area contributed by atoms with Crippen LogP contribution >= 0.6 is 0 Å². The van der Waals surface area contributed by atoms with Crippen LogP contribution in [0.2, 0.25) is 0 Å². The third kappa shape index (κ3) is 3.73. The minimum absolute atomic E-state index is 0.0482. The van der Waals surface area contributed by atoms with Gasteiger partial charge in [0, 0.05) is 28.6 Å². The average Bonchev–Trinajstić information content (AvgIpc) is 2.91. The van der Waals surface area contributed by atoms with Crippen LogP contribution in [0.15, 0.2) is 30.3 Å². The zero-order valence-corrected chi connectivity index (χ0v) is 15.8. The SMILES string of the molecule is Cc1ccc(-n2c(C)cc(C(=O)CN3CCC(C(N)=O)CC3)c2C)cc1. The fourth-order valence-electron chi connectivity index (χ4n) is 3.80. The van der Waals surface area contributed by atoms with Crippen LogP contribution in [0.5, 0.6) is 0 Å². The first-order valence-electron chi connectivity index (χ1n) is 9.17. The number of carbonyl (C=O) groups is 2. The summed E-state index contributed by atoms with van der Waals surface area (Å²) in [6.45, 7) is 7.98. The molecule has 0 bridgehead atoms. The molecule has 0 unspecified atom stereocenters. The van der Waals surface area contributed by atoms with Crippen LogP contribution in [-0.2, 0) is 4.79 Å². The molecule has 1 aromatic carbocycles. The number of rotatable bonds is 5. The molecular formula is C21H27N3O2. The molecule has 138 valence electrons. The molecule has 0 spiro atoms. The Balaban J connectivity index is 1.74. The number of benzene rings is 1. The van der Waals surface area contributed by atoms with E-state index < -0.39 is 0 Å². The summed E-state index contributed by atoms with van der Waals surface area (Å²) in [5.41, 5.74) is 10.5. The van der Waals surface area contributed by atoms with Gasteiger partial charge in [-0.15, -0.1) is 0 Å². The van der Waals surface area contributed by atoms with Gasteiger partial charge >= 0.3 is 0 Å². The largest absolute Gasteiger partial charge is 0.369 e. The molecule has 0 atom stereocenters. The summed E-state index contributed by atoms with van der Waals surface area (Å²) in [5.74, 6) is -0.139. The van der Waals surface area contributed by atoms with Crippen molar-refractivity contribution >= 4 is 11.7 Å². The highest BCUT2D eigenvalue weighted by atomic mass is 16.1. The van der Waals surface area contributed by atoms with E-state index in [0.717, 1.165) is 48.6 Å². The molecule has 0 aliphatic carbocycles. The molecule has 2 aromatic rings. The van der Waals surface area contributed by atoms with Crippen LogP contribution < -0.4 is 5.73 Å². The number of hydrogen-bond acceptors (Lipinski definition) is 3. The molecule has 1 aliphatic rings. The molecule has 5 heteroatoms. The number of amides is 1. The van der Waals surface area contributed by atoms with Crippen LogP contribution in [-0.4, -0.2) is 40.8 Å². The Morgan fingerprint density at radius 3 is 2.27 bits per heavy atom. The minimum atomic E-state index is -0.224. The third-order valence-corrected chi connectivity index (χ3v) is 5.38. The molecule has 0 saturated carbocycles. The van der Waals surface area contributed by atoms with Crippen LogP contribution in [0.25, 0.3) is 5.69 Å². The second-order valence-electron chi connectivity index (χ2n) is 7.33. The topological polar surface area (TPSA) is 68.3 Å². The van der Waals surface area contributed by atoms with Crippen molar-refractivity contribution in [1.29, 1.82) is 0 Å². The van der Waals surface area contributed by atoms with E-state index in [1.807, 2.05) is 19.9 Å². The second kappa shape index (κ2) is 7.46. The predicted molar refractivity (Wildman–Crippen MR) is 103 cm³/mol. The summed E-state index contributed by atoms with van der Waals surface area (Å²) in [5, 5.41) is 0. The Morgan fingerprint density at radius 1 is 1.08 bits per heavy atom. The van der Waals surface area contributed by atoms with E-state index in [-0.39, 0.29) is 17.6 Å². The lowest BCUT2D eigenvalue weighted by atomic mass is 9.96. The fraction of sp³-hybridized carbons (Fsp3) is 0.429. The van der Waals surface area contributed by atoms with Crippen LogP contribution in [0.3, 0.4) is 0 Å². The van der Waals surface area contributed by atoms with Gasteiger partial charge in [-0.2, -0.15) is 0 Å². The molecule has 1 amide bonds. The molecular weight excluding hydrogens is 326 g/mol. The maximum atomic E-state index is 12.9. The van der Waals surface area contributed by atoms with Crippen LogP contribution in [0, 0.1) is 26.7 Å². The Bertz CT molecular complexity index is 813. The van der Waals surface area contributed by atoms with E-state index in [4.69, 9.17) is 5.73 Å². The summed E-state index contributed by atoms with van der Waals surface area (Å²) in [6, 6.07) is 10.3. The predicted octanol–water partition coefficient (Wildman–Crippen LogP) is 2.78. The van der Waals surface area contributed by atoms with Gasteiger partial charge in [-0.25, -0.2) is 0 Å². The molecule has 3 rings (SSSR count). The summed E-state index contributed by atoms with van der Waals surface area (Å²) < 4.78 is 2.13. The van der Waals surface area contributed by atoms with Gasteiger partial charge in [-0.1, -0.05) is 17.7 Å². The first kappa shape index (κ1) is 18.4. The lowest BCUT2D eigenvalue weighted by molar-refractivity contribution is -0.123. The average molecular weight is 353 g/mol.